The maximum absolute atomic E-state index is 11.9. The van der Waals surface area contributed by atoms with Crippen LogP contribution >= 0.6 is 11.6 Å². The molecule has 1 aliphatic heterocycles. The second kappa shape index (κ2) is 8.16. The van der Waals surface area contributed by atoms with Gasteiger partial charge in [0.25, 0.3) is 0 Å². The molecule has 7 heteroatoms. The first-order chi connectivity index (χ1) is 11.0. The zero-order valence-corrected chi connectivity index (χ0v) is 14.1. The Morgan fingerprint density at radius 2 is 2.13 bits per heavy atom. The molecule has 6 nitrogen and oxygen atoms in total. The first-order valence-corrected chi connectivity index (χ1v) is 7.98. The highest BCUT2D eigenvalue weighted by molar-refractivity contribution is 6.32. The fourth-order valence-corrected chi connectivity index (χ4v) is 2.88. The first kappa shape index (κ1) is 17.5. The summed E-state index contributed by atoms with van der Waals surface area (Å²) in [4.78, 5) is 14.2. The van der Waals surface area contributed by atoms with E-state index in [1.54, 1.807) is 18.2 Å². The summed E-state index contributed by atoms with van der Waals surface area (Å²) in [6.45, 7) is 7.18. The van der Waals surface area contributed by atoms with Gasteiger partial charge < -0.3 is 15.4 Å². The Kier molecular flexibility index (Phi) is 6.22. The lowest BCUT2D eigenvalue weighted by Crippen LogP contribution is -2.48. The van der Waals surface area contributed by atoms with Crippen LogP contribution in [0.25, 0.3) is 0 Å². The molecule has 124 valence electrons. The number of carbonyl (C=O) groups excluding carboxylic acids is 1. The van der Waals surface area contributed by atoms with Gasteiger partial charge in [-0.1, -0.05) is 11.6 Å². The van der Waals surface area contributed by atoms with E-state index in [0.717, 1.165) is 19.6 Å². The number of hydrogen-bond donors (Lipinski definition) is 2. The fraction of sp³-hybridized carbons (Fsp3) is 0.500. The van der Waals surface area contributed by atoms with E-state index < -0.39 is 0 Å². The Morgan fingerprint density at radius 1 is 1.43 bits per heavy atom. The third-order valence-electron chi connectivity index (χ3n) is 3.56. The van der Waals surface area contributed by atoms with Gasteiger partial charge in [0.05, 0.1) is 22.8 Å². The van der Waals surface area contributed by atoms with E-state index in [1.807, 2.05) is 6.07 Å². The number of rotatable bonds is 4. The minimum atomic E-state index is -0.292. The molecule has 0 aliphatic carbocycles. The normalized spacial score (nSPS) is 21.5. The second-order valence-corrected chi connectivity index (χ2v) is 6.11. The summed E-state index contributed by atoms with van der Waals surface area (Å²) in [6, 6.07) is 6.47. The molecule has 1 aliphatic rings. The Labute approximate surface area is 141 Å². The molecule has 0 unspecified atom stereocenters. The van der Waals surface area contributed by atoms with Gasteiger partial charge in [0, 0.05) is 31.9 Å². The van der Waals surface area contributed by atoms with Crippen molar-refractivity contribution in [3.8, 4) is 6.07 Å². The van der Waals surface area contributed by atoms with Crippen LogP contribution in [0.4, 0.5) is 10.5 Å². The van der Waals surface area contributed by atoms with E-state index in [9.17, 15) is 4.79 Å². The van der Waals surface area contributed by atoms with Crippen molar-refractivity contribution >= 4 is 23.3 Å². The van der Waals surface area contributed by atoms with E-state index in [1.165, 1.54) is 0 Å². The molecule has 2 amide bonds. The molecule has 2 N–H and O–H groups in total. The van der Waals surface area contributed by atoms with Crippen molar-refractivity contribution in [3.05, 3.63) is 28.8 Å². The number of nitrogens with zero attached hydrogens (tertiary/aromatic N) is 2. The largest absolute Gasteiger partial charge is 0.373 e. The molecule has 0 bridgehead atoms. The van der Waals surface area contributed by atoms with Crippen LogP contribution in [0.5, 0.6) is 0 Å². The van der Waals surface area contributed by atoms with Crippen molar-refractivity contribution in [2.24, 2.45) is 0 Å². The van der Waals surface area contributed by atoms with Crippen LogP contribution in [0.15, 0.2) is 18.2 Å². The minimum absolute atomic E-state index is 0.216. The third-order valence-corrected chi connectivity index (χ3v) is 3.87. The van der Waals surface area contributed by atoms with Crippen molar-refractivity contribution in [2.45, 2.75) is 26.1 Å². The predicted molar refractivity (Wildman–Crippen MR) is 89.6 cm³/mol. The van der Waals surface area contributed by atoms with Crippen molar-refractivity contribution in [1.82, 2.24) is 10.2 Å². The minimum Gasteiger partial charge on any atom is -0.373 e. The van der Waals surface area contributed by atoms with Crippen LogP contribution < -0.4 is 10.6 Å². The Morgan fingerprint density at radius 3 is 2.74 bits per heavy atom. The molecule has 0 aromatic heterocycles. The maximum Gasteiger partial charge on any atom is 0.319 e. The number of nitriles is 1. The van der Waals surface area contributed by atoms with Gasteiger partial charge in [-0.05, 0) is 32.0 Å². The molecule has 1 fully saturated rings. The third kappa shape index (κ3) is 5.39. The van der Waals surface area contributed by atoms with Crippen molar-refractivity contribution in [3.63, 3.8) is 0 Å². The highest BCUT2D eigenvalue weighted by Crippen LogP contribution is 2.20. The number of benzene rings is 1. The quantitative estimate of drug-likeness (QED) is 0.885. The van der Waals surface area contributed by atoms with E-state index in [4.69, 9.17) is 21.6 Å². The number of urea groups is 1. The maximum atomic E-state index is 11.9. The van der Waals surface area contributed by atoms with Crippen molar-refractivity contribution in [1.29, 1.82) is 5.26 Å². The summed E-state index contributed by atoms with van der Waals surface area (Å²) in [7, 11) is 0. The van der Waals surface area contributed by atoms with E-state index in [2.05, 4.69) is 29.4 Å². The molecule has 2 atom stereocenters. The molecule has 0 saturated carbocycles. The topological polar surface area (TPSA) is 77.4 Å². The van der Waals surface area contributed by atoms with Crippen LogP contribution in [0.1, 0.15) is 19.4 Å². The van der Waals surface area contributed by atoms with Gasteiger partial charge in [0.15, 0.2) is 0 Å². The number of ether oxygens (including phenoxy) is 1. The number of carbonyl (C=O) groups is 1. The zero-order valence-electron chi connectivity index (χ0n) is 13.3. The molecule has 1 aromatic rings. The summed E-state index contributed by atoms with van der Waals surface area (Å²) in [5.74, 6) is 0. The number of hydrogen-bond acceptors (Lipinski definition) is 4. The van der Waals surface area contributed by atoms with Gasteiger partial charge >= 0.3 is 6.03 Å². The molecule has 0 spiro atoms. The highest BCUT2D eigenvalue weighted by atomic mass is 35.5. The Balaban J connectivity index is 1.75. The van der Waals surface area contributed by atoms with Crippen LogP contribution in [-0.4, -0.2) is 49.3 Å². The molecule has 1 saturated heterocycles. The van der Waals surface area contributed by atoms with Gasteiger partial charge in [-0.2, -0.15) is 5.26 Å². The lowest BCUT2D eigenvalue weighted by molar-refractivity contribution is -0.0672. The lowest BCUT2D eigenvalue weighted by Gasteiger charge is -2.35. The predicted octanol–water partition coefficient (Wildman–Crippen LogP) is 2.44. The summed E-state index contributed by atoms with van der Waals surface area (Å²) in [5.41, 5.74) is 0.938. The fourth-order valence-electron chi connectivity index (χ4n) is 2.65. The second-order valence-electron chi connectivity index (χ2n) is 5.70. The average Bonchev–Trinajstić information content (AvgIpc) is 2.46. The first-order valence-electron chi connectivity index (χ1n) is 7.60. The van der Waals surface area contributed by atoms with Crippen LogP contribution in [-0.2, 0) is 4.74 Å². The Bertz CT molecular complexity index is 592. The molecular weight excluding hydrogens is 316 g/mol. The standard InChI is InChI=1S/C16H21ClN4O2/c1-11-9-21(10-12(2)23-11)6-5-19-16(22)20-14-4-3-13(8-18)15(17)7-14/h3-4,7,11-12H,5-6,9-10H2,1-2H3,(H2,19,20,22)/t11-,12-/m1/s1. The molecule has 23 heavy (non-hydrogen) atoms. The van der Waals surface area contributed by atoms with Gasteiger partial charge in [-0.25, -0.2) is 4.79 Å². The number of halogens is 1. The van der Waals surface area contributed by atoms with Crippen LogP contribution in [0, 0.1) is 11.3 Å². The SMILES string of the molecule is C[C@@H]1CN(CCNC(=O)Nc2ccc(C#N)c(Cl)c2)C[C@@H](C)O1. The molecule has 1 heterocycles. The van der Waals surface area contributed by atoms with Gasteiger partial charge in [0.1, 0.15) is 6.07 Å². The molecule has 0 radical (unpaired) electrons. The van der Waals surface area contributed by atoms with Gasteiger partial charge in [-0.15, -0.1) is 0 Å². The van der Waals surface area contributed by atoms with Crippen LogP contribution in [0.3, 0.4) is 0 Å². The summed E-state index contributed by atoms with van der Waals surface area (Å²) in [6.07, 6.45) is 0.432. The number of nitrogens with one attached hydrogen (secondary N) is 2. The molecule has 1 aromatic carbocycles. The van der Waals surface area contributed by atoms with E-state index >= 15 is 0 Å². The number of morpholine rings is 1. The average molecular weight is 337 g/mol. The number of anilines is 1. The van der Waals surface area contributed by atoms with Gasteiger partial charge in [0.2, 0.25) is 0 Å². The summed E-state index contributed by atoms with van der Waals surface area (Å²) in [5, 5.41) is 14.7. The summed E-state index contributed by atoms with van der Waals surface area (Å²) >= 11 is 5.93. The van der Waals surface area contributed by atoms with Crippen molar-refractivity contribution < 1.29 is 9.53 Å². The highest BCUT2D eigenvalue weighted by Gasteiger charge is 2.21. The van der Waals surface area contributed by atoms with E-state index in [-0.39, 0.29) is 18.2 Å². The van der Waals surface area contributed by atoms with Crippen molar-refractivity contribution in [2.75, 3.05) is 31.5 Å². The lowest BCUT2D eigenvalue weighted by atomic mass is 10.2. The zero-order chi connectivity index (χ0) is 16.8. The van der Waals surface area contributed by atoms with Crippen LogP contribution in [0.2, 0.25) is 5.02 Å². The summed E-state index contributed by atoms with van der Waals surface area (Å²) < 4.78 is 5.68. The Hall–Kier alpha value is -1.81. The number of amides is 2. The smallest absolute Gasteiger partial charge is 0.319 e. The molecular formula is C16H21ClN4O2. The monoisotopic (exact) mass is 336 g/mol. The van der Waals surface area contributed by atoms with Gasteiger partial charge in [-0.3, -0.25) is 4.90 Å². The van der Waals surface area contributed by atoms with E-state index in [0.29, 0.717) is 22.8 Å². The molecule has 2 rings (SSSR count).